The molecule has 4 nitrogen and oxygen atoms in total. The first-order chi connectivity index (χ1) is 10.1. The molecule has 5 heteroatoms. The molecule has 112 valence electrons. The average Bonchev–Trinajstić information content (AvgIpc) is 2.49. The molecule has 0 fully saturated rings. The number of ether oxygens (including phenoxy) is 1. The minimum absolute atomic E-state index is 0.361. The second-order valence-corrected chi connectivity index (χ2v) is 4.92. The van der Waals surface area contributed by atoms with Crippen LogP contribution in [-0.4, -0.2) is 23.9 Å². The van der Waals surface area contributed by atoms with Crippen LogP contribution >= 0.6 is 0 Å². The number of nitrogens with zero attached hydrogens (tertiary/aromatic N) is 2. The summed E-state index contributed by atoms with van der Waals surface area (Å²) in [7, 11) is 1.51. The zero-order valence-electron chi connectivity index (χ0n) is 12.8. The highest BCUT2D eigenvalue weighted by molar-refractivity contribution is 5.67. The summed E-state index contributed by atoms with van der Waals surface area (Å²) in [6.07, 6.45) is 1.01. The fourth-order valence-corrected chi connectivity index (χ4v) is 2.09. The van der Waals surface area contributed by atoms with Gasteiger partial charge in [-0.05, 0) is 43.5 Å². The number of nitrogens with one attached hydrogen (secondary N) is 1. The van der Waals surface area contributed by atoms with Crippen molar-refractivity contribution in [3.63, 3.8) is 0 Å². The summed E-state index contributed by atoms with van der Waals surface area (Å²) in [4.78, 5) is 0. The first-order valence-electron chi connectivity index (χ1n) is 7.00. The smallest absolute Gasteiger partial charge is 0.151 e. The summed E-state index contributed by atoms with van der Waals surface area (Å²) in [6, 6.07) is 4.75. The molecule has 0 aliphatic carbocycles. The maximum Gasteiger partial charge on any atom is 0.151 e. The fourth-order valence-electron chi connectivity index (χ4n) is 2.09. The standard InChI is InChI=1S/C16H20FN3O/c1-5-8-18-16-11(3)10(2)15(19-20-16)13-7-6-12(21-4)9-14(13)17/h6-7,9H,5,8H2,1-4H3,(H,18,20). The van der Waals surface area contributed by atoms with E-state index < -0.39 is 0 Å². The van der Waals surface area contributed by atoms with Crippen molar-refractivity contribution in [3.05, 3.63) is 35.1 Å². The Morgan fingerprint density at radius 3 is 2.57 bits per heavy atom. The van der Waals surface area contributed by atoms with Crippen LogP contribution in [0.1, 0.15) is 24.5 Å². The molecule has 1 heterocycles. The van der Waals surface area contributed by atoms with Crippen molar-refractivity contribution in [1.29, 1.82) is 0 Å². The molecular weight excluding hydrogens is 269 g/mol. The van der Waals surface area contributed by atoms with E-state index in [0.717, 1.165) is 29.9 Å². The Bertz CT molecular complexity index is 644. The Hall–Kier alpha value is -2.17. The van der Waals surface area contributed by atoms with Crippen LogP contribution < -0.4 is 10.1 Å². The van der Waals surface area contributed by atoms with Crippen molar-refractivity contribution in [1.82, 2.24) is 10.2 Å². The molecule has 2 aromatic rings. The van der Waals surface area contributed by atoms with E-state index in [1.807, 2.05) is 13.8 Å². The average molecular weight is 289 g/mol. The van der Waals surface area contributed by atoms with E-state index in [0.29, 0.717) is 17.0 Å². The lowest BCUT2D eigenvalue weighted by molar-refractivity contribution is 0.411. The van der Waals surface area contributed by atoms with Crippen molar-refractivity contribution in [2.75, 3.05) is 19.0 Å². The van der Waals surface area contributed by atoms with Gasteiger partial charge in [-0.1, -0.05) is 6.92 Å². The molecule has 21 heavy (non-hydrogen) atoms. The van der Waals surface area contributed by atoms with Gasteiger partial charge in [-0.3, -0.25) is 0 Å². The van der Waals surface area contributed by atoms with Crippen LogP contribution in [0.4, 0.5) is 10.2 Å². The number of hydrogen-bond donors (Lipinski definition) is 1. The van der Waals surface area contributed by atoms with Gasteiger partial charge >= 0.3 is 0 Å². The number of rotatable bonds is 5. The van der Waals surface area contributed by atoms with Crippen LogP contribution in [0.15, 0.2) is 18.2 Å². The van der Waals surface area contributed by atoms with Crippen molar-refractivity contribution in [2.45, 2.75) is 27.2 Å². The van der Waals surface area contributed by atoms with E-state index >= 15 is 0 Å². The monoisotopic (exact) mass is 289 g/mol. The van der Waals surface area contributed by atoms with Crippen LogP contribution in [0, 0.1) is 19.7 Å². The molecule has 0 saturated carbocycles. The van der Waals surface area contributed by atoms with Gasteiger partial charge in [0.05, 0.1) is 12.8 Å². The van der Waals surface area contributed by atoms with Crippen LogP contribution in [0.25, 0.3) is 11.3 Å². The van der Waals surface area contributed by atoms with Crippen LogP contribution in [0.2, 0.25) is 0 Å². The fraction of sp³-hybridized carbons (Fsp3) is 0.375. The van der Waals surface area contributed by atoms with E-state index in [4.69, 9.17) is 4.74 Å². The summed E-state index contributed by atoms with van der Waals surface area (Å²) in [5.74, 6) is 0.882. The van der Waals surface area contributed by atoms with Crippen LogP contribution in [0.5, 0.6) is 5.75 Å². The minimum atomic E-state index is -0.361. The van der Waals surface area contributed by atoms with Gasteiger partial charge in [0.25, 0.3) is 0 Å². The van der Waals surface area contributed by atoms with Crippen molar-refractivity contribution in [3.8, 4) is 17.0 Å². The Labute approximate surface area is 124 Å². The maximum atomic E-state index is 14.2. The molecule has 0 aliphatic heterocycles. The molecule has 1 N–H and O–H groups in total. The van der Waals surface area contributed by atoms with Gasteiger partial charge in [0.2, 0.25) is 0 Å². The largest absolute Gasteiger partial charge is 0.497 e. The van der Waals surface area contributed by atoms with Gasteiger partial charge in [-0.15, -0.1) is 10.2 Å². The molecule has 0 amide bonds. The number of halogens is 1. The molecule has 0 saturated heterocycles. The summed E-state index contributed by atoms with van der Waals surface area (Å²) in [5.41, 5.74) is 2.91. The minimum Gasteiger partial charge on any atom is -0.497 e. The topological polar surface area (TPSA) is 47.0 Å². The molecule has 0 radical (unpaired) electrons. The predicted molar refractivity (Wildman–Crippen MR) is 82.2 cm³/mol. The number of anilines is 1. The third kappa shape index (κ3) is 3.12. The van der Waals surface area contributed by atoms with E-state index in [1.54, 1.807) is 12.1 Å². The predicted octanol–water partition coefficient (Wildman–Crippen LogP) is 3.73. The Kier molecular flexibility index (Phi) is 4.73. The lowest BCUT2D eigenvalue weighted by Crippen LogP contribution is -2.08. The van der Waals surface area contributed by atoms with Gasteiger partial charge in [0.15, 0.2) is 5.82 Å². The maximum absolute atomic E-state index is 14.2. The summed E-state index contributed by atoms with van der Waals surface area (Å²) >= 11 is 0. The molecule has 0 unspecified atom stereocenters. The zero-order valence-corrected chi connectivity index (χ0v) is 12.8. The van der Waals surface area contributed by atoms with E-state index in [2.05, 4.69) is 22.4 Å². The molecule has 0 aliphatic rings. The van der Waals surface area contributed by atoms with Gasteiger partial charge in [0.1, 0.15) is 11.6 Å². The molecule has 0 atom stereocenters. The van der Waals surface area contributed by atoms with Crippen LogP contribution in [0.3, 0.4) is 0 Å². The Morgan fingerprint density at radius 1 is 1.19 bits per heavy atom. The first-order valence-corrected chi connectivity index (χ1v) is 7.00. The first kappa shape index (κ1) is 15.2. The molecule has 0 spiro atoms. The van der Waals surface area contributed by atoms with Crippen molar-refractivity contribution >= 4 is 5.82 Å². The third-order valence-corrected chi connectivity index (χ3v) is 3.50. The van der Waals surface area contributed by atoms with E-state index in [1.165, 1.54) is 13.2 Å². The summed E-state index contributed by atoms with van der Waals surface area (Å²) in [5, 5.41) is 11.6. The van der Waals surface area contributed by atoms with Gasteiger partial charge < -0.3 is 10.1 Å². The highest BCUT2D eigenvalue weighted by Crippen LogP contribution is 2.29. The number of benzene rings is 1. The molecule has 0 bridgehead atoms. The molecular formula is C16H20FN3O. The third-order valence-electron chi connectivity index (χ3n) is 3.50. The molecule has 1 aromatic carbocycles. The number of hydrogen-bond acceptors (Lipinski definition) is 4. The second kappa shape index (κ2) is 6.52. The highest BCUT2D eigenvalue weighted by Gasteiger charge is 2.15. The van der Waals surface area contributed by atoms with Gasteiger partial charge in [-0.25, -0.2) is 4.39 Å². The van der Waals surface area contributed by atoms with Crippen molar-refractivity contribution < 1.29 is 9.13 Å². The van der Waals surface area contributed by atoms with Gasteiger partial charge in [0, 0.05) is 18.2 Å². The molecule has 1 aromatic heterocycles. The number of methoxy groups -OCH3 is 1. The SMILES string of the molecule is CCCNc1nnc(-c2ccc(OC)cc2F)c(C)c1C. The molecule has 2 rings (SSSR count). The lowest BCUT2D eigenvalue weighted by Gasteiger charge is -2.13. The number of aromatic nitrogens is 2. The van der Waals surface area contributed by atoms with E-state index in [9.17, 15) is 4.39 Å². The summed E-state index contributed by atoms with van der Waals surface area (Å²) < 4.78 is 19.2. The van der Waals surface area contributed by atoms with Crippen LogP contribution in [-0.2, 0) is 0 Å². The highest BCUT2D eigenvalue weighted by atomic mass is 19.1. The lowest BCUT2D eigenvalue weighted by atomic mass is 10.0. The summed E-state index contributed by atoms with van der Waals surface area (Å²) in [6.45, 7) is 6.82. The Morgan fingerprint density at radius 2 is 1.95 bits per heavy atom. The van der Waals surface area contributed by atoms with Crippen molar-refractivity contribution in [2.24, 2.45) is 0 Å². The van der Waals surface area contributed by atoms with Gasteiger partial charge in [-0.2, -0.15) is 0 Å². The van der Waals surface area contributed by atoms with E-state index in [-0.39, 0.29) is 5.82 Å². The second-order valence-electron chi connectivity index (χ2n) is 4.92. The Balaban J connectivity index is 2.43. The zero-order chi connectivity index (χ0) is 15.4. The normalized spacial score (nSPS) is 10.5. The quantitative estimate of drug-likeness (QED) is 0.911.